The molecule has 3 N–H and O–H groups in total. The summed E-state index contributed by atoms with van der Waals surface area (Å²) in [6.07, 6.45) is 2.06. The fourth-order valence-electron chi connectivity index (χ4n) is 1.81. The van der Waals surface area contributed by atoms with Crippen molar-refractivity contribution in [1.29, 1.82) is 0 Å². The molecule has 7 heteroatoms. The number of hydrogen-bond donors (Lipinski definition) is 3. The standard InChI is InChI=1S/C14H16N2O4S/c1-14(12(17)18,11-3-2-7-20-11)16-13(19)15-6-4-10-5-8-21-9-10/h2-3,5,7-9H,4,6H2,1H3,(H,17,18)(H2,15,16,19). The Bertz CT molecular complexity index is 595. The summed E-state index contributed by atoms with van der Waals surface area (Å²) >= 11 is 1.59. The van der Waals surface area contributed by atoms with Crippen LogP contribution in [0, 0.1) is 0 Å². The molecule has 0 spiro atoms. The molecule has 0 fully saturated rings. The lowest BCUT2D eigenvalue weighted by atomic mass is 9.99. The van der Waals surface area contributed by atoms with Crippen molar-refractivity contribution in [3.05, 3.63) is 46.5 Å². The molecule has 6 nitrogen and oxygen atoms in total. The van der Waals surface area contributed by atoms with Crippen LogP contribution in [0.25, 0.3) is 0 Å². The van der Waals surface area contributed by atoms with Crippen LogP contribution in [0.4, 0.5) is 4.79 Å². The second-order valence-electron chi connectivity index (χ2n) is 4.67. The zero-order chi connectivity index (χ0) is 15.3. The van der Waals surface area contributed by atoms with Gasteiger partial charge >= 0.3 is 12.0 Å². The van der Waals surface area contributed by atoms with E-state index < -0.39 is 17.5 Å². The fraction of sp³-hybridized carbons (Fsp3) is 0.286. The minimum Gasteiger partial charge on any atom is -0.479 e. The van der Waals surface area contributed by atoms with Crippen LogP contribution in [0.2, 0.25) is 0 Å². The molecule has 2 amide bonds. The van der Waals surface area contributed by atoms with Crippen LogP contribution in [0.1, 0.15) is 18.2 Å². The lowest BCUT2D eigenvalue weighted by Crippen LogP contribution is -2.53. The molecule has 1 atom stereocenters. The van der Waals surface area contributed by atoms with E-state index in [-0.39, 0.29) is 5.76 Å². The Hall–Kier alpha value is -2.28. The fourth-order valence-corrected chi connectivity index (χ4v) is 2.51. The van der Waals surface area contributed by atoms with E-state index in [0.717, 1.165) is 5.56 Å². The molecule has 0 bridgehead atoms. The molecular weight excluding hydrogens is 292 g/mol. The van der Waals surface area contributed by atoms with E-state index in [1.165, 1.54) is 19.3 Å². The van der Waals surface area contributed by atoms with Crippen LogP contribution >= 0.6 is 11.3 Å². The van der Waals surface area contributed by atoms with Gasteiger partial charge in [0.2, 0.25) is 0 Å². The van der Waals surface area contributed by atoms with Gasteiger partial charge < -0.3 is 20.2 Å². The molecule has 0 aromatic carbocycles. The third-order valence-electron chi connectivity index (χ3n) is 3.08. The number of carboxylic acid groups (broad SMARTS) is 1. The first-order chi connectivity index (χ1) is 10.0. The summed E-state index contributed by atoms with van der Waals surface area (Å²) in [5.74, 6) is -1.02. The van der Waals surface area contributed by atoms with E-state index >= 15 is 0 Å². The van der Waals surface area contributed by atoms with E-state index in [2.05, 4.69) is 10.6 Å². The summed E-state index contributed by atoms with van der Waals surface area (Å²) in [4.78, 5) is 23.3. The van der Waals surface area contributed by atoms with Crippen LogP contribution in [0.5, 0.6) is 0 Å². The summed E-state index contributed by atoms with van der Waals surface area (Å²) < 4.78 is 5.10. The van der Waals surface area contributed by atoms with Gasteiger partial charge in [-0.25, -0.2) is 9.59 Å². The highest BCUT2D eigenvalue weighted by molar-refractivity contribution is 7.07. The summed E-state index contributed by atoms with van der Waals surface area (Å²) in [6, 6.07) is 4.52. The van der Waals surface area contributed by atoms with Crippen LogP contribution < -0.4 is 10.6 Å². The van der Waals surface area contributed by atoms with Crippen molar-refractivity contribution in [2.24, 2.45) is 0 Å². The Labute approximate surface area is 125 Å². The van der Waals surface area contributed by atoms with Crippen molar-refractivity contribution in [2.45, 2.75) is 18.9 Å². The SMILES string of the molecule is CC(NC(=O)NCCc1ccsc1)(C(=O)O)c1ccco1. The first kappa shape index (κ1) is 15.1. The molecule has 2 aromatic rings. The van der Waals surface area contributed by atoms with Crippen molar-refractivity contribution in [3.63, 3.8) is 0 Å². The summed E-state index contributed by atoms with van der Waals surface area (Å²) in [5, 5.41) is 18.4. The summed E-state index contributed by atoms with van der Waals surface area (Å²) in [7, 11) is 0. The number of furan rings is 1. The van der Waals surface area contributed by atoms with Gasteiger partial charge in [-0.05, 0) is 47.9 Å². The normalized spacial score (nSPS) is 13.4. The number of urea groups is 1. The van der Waals surface area contributed by atoms with E-state index in [9.17, 15) is 14.7 Å². The highest BCUT2D eigenvalue weighted by Gasteiger charge is 2.39. The van der Waals surface area contributed by atoms with Crippen molar-refractivity contribution in [3.8, 4) is 0 Å². The largest absolute Gasteiger partial charge is 0.479 e. The summed E-state index contributed by atoms with van der Waals surface area (Å²) in [6.45, 7) is 1.81. The average molecular weight is 308 g/mol. The van der Waals surface area contributed by atoms with Crippen LogP contribution in [0.15, 0.2) is 39.6 Å². The molecule has 1 unspecified atom stereocenters. The Balaban J connectivity index is 1.91. The first-order valence-corrected chi connectivity index (χ1v) is 7.31. The molecule has 0 radical (unpaired) electrons. The molecule has 0 saturated carbocycles. The van der Waals surface area contributed by atoms with Gasteiger partial charge in [0.1, 0.15) is 5.76 Å². The van der Waals surface area contributed by atoms with Crippen LogP contribution in [0.3, 0.4) is 0 Å². The number of carbonyl (C=O) groups excluding carboxylic acids is 1. The quantitative estimate of drug-likeness (QED) is 0.762. The molecule has 21 heavy (non-hydrogen) atoms. The average Bonchev–Trinajstić information content (AvgIpc) is 3.11. The third-order valence-corrected chi connectivity index (χ3v) is 3.82. The van der Waals surface area contributed by atoms with Gasteiger partial charge in [-0.2, -0.15) is 11.3 Å². The van der Waals surface area contributed by atoms with Gasteiger partial charge in [-0.3, -0.25) is 0 Å². The zero-order valence-electron chi connectivity index (χ0n) is 11.5. The zero-order valence-corrected chi connectivity index (χ0v) is 12.3. The highest BCUT2D eigenvalue weighted by Crippen LogP contribution is 2.21. The maximum atomic E-state index is 11.9. The number of carbonyl (C=O) groups is 2. The second kappa shape index (κ2) is 6.45. The maximum Gasteiger partial charge on any atom is 0.337 e. The molecule has 0 saturated heterocycles. The van der Waals surface area contributed by atoms with Gasteiger partial charge in [0.05, 0.1) is 6.26 Å². The van der Waals surface area contributed by atoms with E-state index in [0.29, 0.717) is 13.0 Å². The van der Waals surface area contributed by atoms with Crippen molar-refractivity contribution < 1.29 is 19.1 Å². The topological polar surface area (TPSA) is 91.6 Å². The summed E-state index contributed by atoms with van der Waals surface area (Å²) in [5.41, 5.74) is -0.469. The van der Waals surface area contributed by atoms with E-state index in [1.807, 2.05) is 16.8 Å². The molecule has 0 aliphatic carbocycles. The van der Waals surface area contributed by atoms with Crippen molar-refractivity contribution in [2.75, 3.05) is 6.54 Å². The number of hydrogen-bond acceptors (Lipinski definition) is 4. The Morgan fingerprint density at radius 2 is 2.24 bits per heavy atom. The number of nitrogens with one attached hydrogen (secondary N) is 2. The lowest BCUT2D eigenvalue weighted by Gasteiger charge is -2.24. The molecule has 2 heterocycles. The number of rotatable bonds is 6. The number of aliphatic carboxylic acids is 1. The first-order valence-electron chi connectivity index (χ1n) is 6.37. The van der Waals surface area contributed by atoms with Crippen molar-refractivity contribution >= 4 is 23.3 Å². The molecular formula is C14H16N2O4S. The van der Waals surface area contributed by atoms with Gasteiger partial charge in [0.25, 0.3) is 0 Å². The number of amides is 2. The minimum absolute atomic E-state index is 0.169. The Kier molecular flexibility index (Phi) is 4.64. The maximum absolute atomic E-state index is 11.9. The molecule has 2 aromatic heterocycles. The monoisotopic (exact) mass is 308 g/mol. The minimum atomic E-state index is -1.60. The van der Waals surface area contributed by atoms with E-state index in [4.69, 9.17) is 4.42 Å². The highest BCUT2D eigenvalue weighted by atomic mass is 32.1. The van der Waals surface area contributed by atoms with Gasteiger partial charge in [0, 0.05) is 6.54 Å². The van der Waals surface area contributed by atoms with Crippen LogP contribution in [-0.4, -0.2) is 23.7 Å². The van der Waals surface area contributed by atoms with Gasteiger partial charge in [-0.1, -0.05) is 0 Å². The van der Waals surface area contributed by atoms with E-state index in [1.54, 1.807) is 17.4 Å². The van der Waals surface area contributed by atoms with Gasteiger partial charge in [0.15, 0.2) is 5.54 Å². The van der Waals surface area contributed by atoms with Crippen molar-refractivity contribution in [1.82, 2.24) is 10.6 Å². The van der Waals surface area contributed by atoms with Gasteiger partial charge in [-0.15, -0.1) is 0 Å². The third kappa shape index (κ3) is 3.63. The lowest BCUT2D eigenvalue weighted by molar-refractivity contribution is -0.144. The molecule has 0 aliphatic heterocycles. The van der Waals surface area contributed by atoms with Crippen LogP contribution in [-0.2, 0) is 16.8 Å². The predicted octanol–water partition coefficient (Wildman–Crippen LogP) is 2.18. The molecule has 112 valence electrons. The Morgan fingerprint density at radius 1 is 1.43 bits per heavy atom. The molecule has 0 aliphatic rings. The number of carboxylic acids is 1. The molecule has 2 rings (SSSR count). The smallest absolute Gasteiger partial charge is 0.337 e. The Morgan fingerprint density at radius 3 is 2.81 bits per heavy atom. The number of thiophene rings is 1. The second-order valence-corrected chi connectivity index (χ2v) is 5.45. The predicted molar refractivity (Wildman–Crippen MR) is 78.3 cm³/mol.